The lowest BCUT2D eigenvalue weighted by Gasteiger charge is -2.23. The molecular formula is C15H14F3NO3S2. The fourth-order valence-corrected chi connectivity index (χ4v) is 5.36. The number of alkyl halides is 3. The van der Waals surface area contributed by atoms with Crippen molar-refractivity contribution in [2.45, 2.75) is 30.1 Å². The molecule has 9 heteroatoms. The molecule has 0 saturated carbocycles. The standard InChI is InChI=1S/C15H14F3NO3S2/c16-15(17,18)22-11-5-7-12(8-6-11)24(20,21)19-9-1-3-13(19)14-4-2-10-23-14/h2,4-8,10,13H,1,3,9H2/t13-/m0/s1. The number of ether oxygens (including phenoxy) is 1. The van der Waals surface area contributed by atoms with Gasteiger partial charge in [-0.3, -0.25) is 0 Å². The van der Waals surface area contributed by atoms with E-state index in [2.05, 4.69) is 4.74 Å². The normalized spacial score (nSPS) is 19.5. The van der Waals surface area contributed by atoms with E-state index in [0.29, 0.717) is 6.54 Å². The largest absolute Gasteiger partial charge is 0.573 e. The number of thiophene rings is 1. The highest BCUT2D eigenvalue weighted by molar-refractivity contribution is 7.89. The summed E-state index contributed by atoms with van der Waals surface area (Å²) in [7, 11) is -3.77. The summed E-state index contributed by atoms with van der Waals surface area (Å²) in [5.41, 5.74) is 0. The van der Waals surface area contributed by atoms with Gasteiger partial charge in [0, 0.05) is 11.4 Å². The van der Waals surface area contributed by atoms with E-state index in [-0.39, 0.29) is 10.9 Å². The Morgan fingerprint density at radius 1 is 1.17 bits per heavy atom. The Labute approximate surface area is 141 Å². The minimum Gasteiger partial charge on any atom is -0.406 e. The summed E-state index contributed by atoms with van der Waals surface area (Å²) in [5.74, 6) is -0.447. The van der Waals surface area contributed by atoms with Gasteiger partial charge in [-0.15, -0.1) is 24.5 Å². The number of sulfonamides is 1. The first-order valence-corrected chi connectivity index (χ1v) is 9.50. The lowest BCUT2D eigenvalue weighted by molar-refractivity contribution is -0.274. The molecule has 1 atom stereocenters. The molecule has 130 valence electrons. The number of halogens is 3. The maximum absolute atomic E-state index is 12.8. The molecule has 1 fully saturated rings. The average Bonchev–Trinajstić information content (AvgIpc) is 3.17. The fourth-order valence-electron chi connectivity index (χ4n) is 2.74. The molecule has 1 aliphatic heterocycles. The molecule has 0 spiro atoms. The molecule has 4 nitrogen and oxygen atoms in total. The van der Waals surface area contributed by atoms with Gasteiger partial charge in [0.2, 0.25) is 10.0 Å². The van der Waals surface area contributed by atoms with Crippen molar-refractivity contribution < 1.29 is 26.3 Å². The molecular weight excluding hydrogens is 363 g/mol. The van der Waals surface area contributed by atoms with Crippen LogP contribution in [0.4, 0.5) is 13.2 Å². The first-order valence-electron chi connectivity index (χ1n) is 7.18. The van der Waals surface area contributed by atoms with Crippen LogP contribution in [0.1, 0.15) is 23.8 Å². The van der Waals surface area contributed by atoms with E-state index in [4.69, 9.17) is 0 Å². The Kier molecular flexibility index (Phi) is 4.58. The second-order valence-corrected chi connectivity index (χ2v) is 8.18. The van der Waals surface area contributed by atoms with Crippen LogP contribution in [0.25, 0.3) is 0 Å². The molecule has 2 heterocycles. The highest BCUT2D eigenvalue weighted by atomic mass is 32.2. The highest BCUT2D eigenvalue weighted by Gasteiger charge is 2.37. The Balaban J connectivity index is 1.85. The number of nitrogens with zero attached hydrogens (tertiary/aromatic N) is 1. The molecule has 1 aromatic heterocycles. The van der Waals surface area contributed by atoms with Gasteiger partial charge in [0.15, 0.2) is 0 Å². The van der Waals surface area contributed by atoms with Crippen molar-refractivity contribution in [3.8, 4) is 5.75 Å². The van der Waals surface area contributed by atoms with Crippen molar-refractivity contribution in [2.75, 3.05) is 6.54 Å². The fraction of sp³-hybridized carbons (Fsp3) is 0.333. The van der Waals surface area contributed by atoms with Crippen molar-refractivity contribution >= 4 is 21.4 Å². The molecule has 1 aliphatic rings. The van der Waals surface area contributed by atoms with Crippen LogP contribution in [0.15, 0.2) is 46.7 Å². The lowest BCUT2D eigenvalue weighted by Crippen LogP contribution is -2.30. The monoisotopic (exact) mass is 377 g/mol. The smallest absolute Gasteiger partial charge is 0.406 e. The van der Waals surface area contributed by atoms with Crippen LogP contribution in [0.5, 0.6) is 5.75 Å². The van der Waals surface area contributed by atoms with Gasteiger partial charge in [-0.05, 0) is 48.6 Å². The van der Waals surface area contributed by atoms with E-state index >= 15 is 0 Å². The molecule has 0 unspecified atom stereocenters. The van der Waals surface area contributed by atoms with Crippen LogP contribution in [0.2, 0.25) is 0 Å². The van der Waals surface area contributed by atoms with Gasteiger partial charge in [0.1, 0.15) is 5.75 Å². The maximum atomic E-state index is 12.8. The zero-order valence-electron chi connectivity index (χ0n) is 12.4. The van der Waals surface area contributed by atoms with Crippen molar-refractivity contribution in [1.29, 1.82) is 0 Å². The Hall–Kier alpha value is -1.58. The number of hydrogen-bond acceptors (Lipinski definition) is 4. The summed E-state index contributed by atoms with van der Waals surface area (Å²) in [6.07, 6.45) is -3.33. The van der Waals surface area contributed by atoms with E-state index in [9.17, 15) is 21.6 Å². The van der Waals surface area contributed by atoms with Gasteiger partial charge in [0.25, 0.3) is 0 Å². The van der Waals surface area contributed by atoms with Crippen LogP contribution < -0.4 is 4.74 Å². The van der Waals surface area contributed by atoms with Crippen molar-refractivity contribution in [3.63, 3.8) is 0 Å². The molecule has 1 aromatic carbocycles. The van der Waals surface area contributed by atoms with Crippen LogP contribution in [0.3, 0.4) is 0 Å². The molecule has 0 aliphatic carbocycles. The van der Waals surface area contributed by atoms with E-state index in [1.807, 2.05) is 17.5 Å². The van der Waals surface area contributed by atoms with Crippen LogP contribution >= 0.6 is 11.3 Å². The molecule has 0 radical (unpaired) electrons. The first-order chi connectivity index (χ1) is 11.3. The lowest BCUT2D eigenvalue weighted by atomic mass is 10.2. The number of rotatable bonds is 4. The predicted molar refractivity (Wildman–Crippen MR) is 83.3 cm³/mol. The minimum absolute atomic E-state index is 0.0412. The summed E-state index contributed by atoms with van der Waals surface area (Å²) in [4.78, 5) is 0.925. The van der Waals surface area contributed by atoms with Crippen LogP contribution in [-0.2, 0) is 10.0 Å². The SMILES string of the molecule is O=S(=O)(c1ccc(OC(F)(F)F)cc1)N1CCC[C@H]1c1cccs1. The summed E-state index contributed by atoms with van der Waals surface area (Å²) in [6.45, 7) is 0.395. The summed E-state index contributed by atoms with van der Waals surface area (Å²) >= 11 is 1.49. The number of benzene rings is 1. The third kappa shape index (κ3) is 3.57. The van der Waals surface area contributed by atoms with Crippen molar-refractivity contribution in [1.82, 2.24) is 4.31 Å². The zero-order valence-corrected chi connectivity index (χ0v) is 14.0. The summed E-state index contributed by atoms with van der Waals surface area (Å²) in [6, 6.07) is 7.84. The van der Waals surface area contributed by atoms with Gasteiger partial charge in [-0.2, -0.15) is 4.31 Å². The first kappa shape index (κ1) is 17.2. The van der Waals surface area contributed by atoms with Gasteiger partial charge in [0.05, 0.1) is 10.9 Å². The van der Waals surface area contributed by atoms with E-state index in [1.165, 1.54) is 15.6 Å². The summed E-state index contributed by atoms with van der Waals surface area (Å²) in [5, 5.41) is 1.89. The van der Waals surface area contributed by atoms with Gasteiger partial charge >= 0.3 is 6.36 Å². The molecule has 0 bridgehead atoms. The van der Waals surface area contributed by atoms with Gasteiger partial charge in [-0.1, -0.05) is 6.07 Å². The van der Waals surface area contributed by atoms with Gasteiger partial charge < -0.3 is 4.74 Å². The Morgan fingerprint density at radius 2 is 1.88 bits per heavy atom. The van der Waals surface area contributed by atoms with Crippen LogP contribution in [0, 0.1) is 0 Å². The molecule has 0 amide bonds. The molecule has 3 rings (SSSR count). The second-order valence-electron chi connectivity index (χ2n) is 5.31. The molecule has 24 heavy (non-hydrogen) atoms. The van der Waals surface area contributed by atoms with E-state index < -0.39 is 22.1 Å². The zero-order chi connectivity index (χ0) is 17.4. The molecule has 1 saturated heterocycles. The van der Waals surface area contributed by atoms with E-state index in [0.717, 1.165) is 42.0 Å². The minimum atomic E-state index is -4.81. The van der Waals surface area contributed by atoms with E-state index in [1.54, 1.807) is 0 Å². The Morgan fingerprint density at radius 3 is 2.46 bits per heavy atom. The van der Waals surface area contributed by atoms with Gasteiger partial charge in [-0.25, -0.2) is 8.42 Å². The quantitative estimate of drug-likeness (QED) is 0.803. The predicted octanol–water partition coefficient (Wildman–Crippen LogP) is 4.17. The van der Waals surface area contributed by atoms with Crippen molar-refractivity contribution in [3.05, 3.63) is 46.7 Å². The second kappa shape index (κ2) is 6.38. The highest BCUT2D eigenvalue weighted by Crippen LogP contribution is 2.38. The van der Waals surface area contributed by atoms with Crippen LogP contribution in [-0.4, -0.2) is 25.6 Å². The van der Waals surface area contributed by atoms with Crippen molar-refractivity contribution in [2.24, 2.45) is 0 Å². The topological polar surface area (TPSA) is 46.6 Å². The Bertz CT molecular complexity index is 786. The number of hydrogen-bond donors (Lipinski definition) is 0. The third-order valence-corrected chi connectivity index (χ3v) is 6.64. The maximum Gasteiger partial charge on any atom is 0.573 e. The third-order valence-electron chi connectivity index (χ3n) is 3.74. The average molecular weight is 377 g/mol. The molecule has 2 aromatic rings. The molecule has 0 N–H and O–H groups in total. The summed E-state index contributed by atoms with van der Waals surface area (Å²) < 4.78 is 67.3.